The molecule has 1 aromatic heterocycles. The van der Waals surface area contributed by atoms with Gasteiger partial charge >= 0.3 is 5.97 Å². The summed E-state index contributed by atoms with van der Waals surface area (Å²) in [6.07, 6.45) is -0.212. The molecule has 0 aromatic carbocycles. The van der Waals surface area contributed by atoms with E-state index in [1.54, 1.807) is 11.8 Å². The van der Waals surface area contributed by atoms with Crippen LogP contribution in [0.25, 0.3) is 0 Å². The van der Waals surface area contributed by atoms with Crippen LogP contribution in [0.5, 0.6) is 0 Å². The standard InChI is InChI=1S/C10H15N3O5S/c1-7-11-9(12-18-7)5-13-2-3-19(16,17)6-8(13)4-10(14)15/h8H,2-6H2,1H3,(H,14,15). The Morgan fingerprint density at radius 1 is 1.58 bits per heavy atom. The normalized spacial score (nSPS) is 23.3. The third-order valence-corrected chi connectivity index (χ3v) is 4.67. The Kier molecular flexibility index (Phi) is 3.85. The number of rotatable bonds is 4. The average Bonchev–Trinajstić information content (AvgIpc) is 2.67. The van der Waals surface area contributed by atoms with Crippen molar-refractivity contribution in [1.82, 2.24) is 15.0 Å². The van der Waals surface area contributed by atoms with Crippen molar-refractivity contribution >= 4 is 15.8 Å². The van der Waals surface area contributed by atoms with Crippen LogP contribution in [-0.2, 0) is 21.2 Å². The molecule has 1 aliphatic rings. The number of sulfone groups is 1. The van der Waals surface area contributed by atoms with Gasteiger partial charge in [-0.1, -0.05) is 5.16 Å². The van der Waals surface area contributed by atoms with Gasteiger partial charge in [-0.25, -0.2) is 8.42 Å². The number of nitrogens with zero attached hydrogens (tertiary/aromatic N) is 3. The minimum Gasteiger partial charge on any atom is -0.481 e. The summed E-state index contributed by atoms with van der Waals surface area (Å²) in [6.45, 7) is 2.24. The highest BCUT2D eigenvalue weighted by molar-refractivity contribution is 7.91. The van der Waals surface area contributed by atoms with Gasteiger partial charge in [0.1, 0.15) is 0 Å². The minimum atomic E-state index is -3.17. The Balaban J connectivity index is 2.10. The lowest BCUT2D eigenvalue weighted by molar-refractivity contribution is -0.138. The Bertz CT molecular complexity index is 567. The predicted molar refractivity (Wildman–Crippen MR) is 64.1 cm³/mol. The van der Waals surface area contributed by atoms with Crippen LogP contribution in [0.4, 0.5) is 0 Å². The van der Waals surface area contributed by atoms with Crippen molar-refractivity contribution in [3.8, 4) is 0 Å². The number of carboxylic acids is 1. The SMILES string of the molecule is Cc1nc(CN2CCS(=O)(=O)CC2CC(=O)O)no1. The third-order valence-electron chi connectivity index (χ3n) is 2.98. The Hall–Kier alpha value is -1.48. The highest BCUT2D eigenvalue weighted by Gasteiger charge is 2.33. The second kappa shape index (κ2) is 5.25. The number of aliphatic carboxylic acids is 1. The molecule has 19 heavy (non-hydrogen) atoms. The van der Waals surface area contributed by atoms with Gasteiger partial charge in [0.15, 0.2) is 15.7 Å². The van der Waals surface area contributed by atoms with Gasteiger partial charge in [-0.2, -0.15) is 4.98 Å². The molecule has 1 fully saturated rings. The molecule has 0 amide bonds. The van der Waals surface area contributed by atoms with E-state index >= 15 is 0 Å². The van der Waals surface area contributed by atoms with Gasteiger partial charge in [0.05, 0.1) is 24.5 Å². The molecule has 1 atom stereocenters. The lowest BCUT2D eigenvalue weighted by Crippen LogP contribution is -2.48. The molecule has 2 rings (SSSR count). The van der Waals surface area contributed by atoms with E-state index in [1.807, 2.05) is 0 Å². The molecule has 1 N–H and O–H groups in total. The first-order valence-corrected chi connectivity index (χ1v) is 7.63. The molecule has 1 aromatic rings. The van der Waals surface area contributed by atoms with E-state index in [-0.39, 0.29) is 24.5 Å². The van der Waals surface area contributed by atoms with Gasteiger partial charge in [-0.3, -0.25) is 9.69 Å². The van der Waals surface area contributed by atoms with Crippen LogP contribution in [0.3, 0.4) is 0 Å². The van der Waals surface area contributed by atoms with Gasteiger partial charge in [-0.05, 0) is 0 Å². The molecule has 0 spiro atoms. The molecule has 0 aliphatic carbocycles. The van der Waals surface area contributed by atoms with E-state index in [4.69, 9.17) is 9.63 Å². The molecule has 9 heteroatoms. The molecular formula is C10H15N3O5S. The van der Waals surface area contributed by atoms with Gasteiger partial charge in [-0.15, -0.1) is 0 Å². The molecule has 8 nitrogen and oxygen atoms in total. The molecular weight excluding hydrogens is 274 g/mol. The summed E-state index contributed by atoms with van der Waals surface area (Å²) in [5.41, 5.74) is 0. The van der Waals surface area contributed by atoms with Crippen LogP contribution in [0, 0.1) is 6.92 Å². The summed E-state index contributed by atoms with van der Waals surface area (Å²) in [5.74, 6) is -0.270. The summed E-state index contributed by atoms with van der Waals surface area (Å²) in [4.78, 5) is 16.6. The Morgan fingerprint density at radius 3 is 2.89 bits per heavy atom. The predicted octanol–water partition coefficient (Wildman–Crippen LogP) is -0.548. The molecule has 0 radical (unpaired) electrons. The summed E-state index contributed by atoms with van der Waals surface area (Å²) in [7, 11) is -3.17. The Morgan fingerprint density at radius 2 is 2.32 bits per heavy atom. The lowest BCUT2D eigenvalue weighted by atomic mass is 10.2. The smallest absolute Gasteiger partial charge is 0.304 e. The van der Waals surface area contributed by atoms with Crippen LogP contribution in [0.2, 0.25) is 0 Å². The zero-order valence-electron chi connectivity index (χ0n) is 10.4. The number of aromatic nitrogens is 2. The lowest BCUT2D eigenvalue weighted by Gasteiger charge is -2.33. The summed E-state index contributed by atoms with van der Waals surface area (Å²) in [5, 5.41) is 12.6. The van der Waals surface area contributed by atoms with Crippen LogP contribution in [-0.4, -0.2) is 58.6 Å². The van der Waals surface area contributed by atoms with E-state index < -0.39 is 21.8 Å². The zero-order chi connectivity index (χ0) is 14.0. The maximum atomic E-state index is 11.6. The second-order valence-electron chi connectivity index (χ2n) is 4.57. The monoisotopic (exact) mass is 289 g/mol. The zero-order valence-corrected chi connectivity index (χ0v) is 11.3. The molecule has 1 aliphatic heterocycles. The molecule has 0 saturated carbocycles. The van der Waals surface area contributed by atoms with Crippen molar-refractivity contribution in [3.63, 3.8) is 0 Å². The topological polar surface area (TPSA) is 114 Å². The van der Waals surface area contributed by atoms with Crippen LogP contribution in [0.1, 0.15) is 18.1 Å². The van der Waals surface area contributed by atoms with Crippen LogP contribution < -0.4 is 0 Å². The van der Waals surface area contributed by atoms with Crippen molar-refractivity contribution in [2.75, 3.05) is 18.1 Å². The molecule has 1 saturated heterocycles. The quantitative estimate of drug-likeness (QED) is 0.785. The summed E-state index contributed by atoms with van der Waals surface area (Å²) >= 11 is 0. The van der Waals surface area contributed by atoms with Gasteiger partial charge in [0.2, 0.25) is 5.89 Å². The van der Waals surface area contributed by atoms with Gasteiger partial charge in [0.25, 0.3) is 0 Å². The van der Waals surface area contributed by atoms with Crippen LogP contribution in [0.15, 0.2) is 4.52 Å². The number of aryl methyl sites for hydroxylation is 1. The van der Waals surface area contributed by atoms with E-state index in [1.165, 1.54) is 0 Å². The van der Waals surface area contributed by atoms with Crippen molar-refractivity contribution in [1.29, 1.82) is 0 Å². The van der Waals surface area contributed by atoms with E-state index in [0.717, 1.165) is 0 Å². The van der Waals surface area contributed by atoms with E-state index in [9.17, 15) is 13.2 Å². The highest BCUT2D eigenvalue weighted by atomic mass is 32.2. The number of hydrogen-bond acceptors (Lipinski definition) is 7. The van der Waals surface area contributed by atoms with E-state index in [0.29, 0.717) is 18.3 Å². The maximum absolute atomic E-state index is 11.6. The number of carboxylic acid groups (broad SMARTS) is 1. The first-order valence-electron chi connectivity index (χ1n) is 5.81. The minimum absolute atomic E-state index is 0.0277. The Labute approximate surface area is 110 Å². The fraction of sp³-hybridized carbons (Fsp3) is 0.700. The summed E-state index contributed by atoms with van der Waals surface area (Å²) < 4.78 is 28.0. The third kappa shape index (κ3) is 3.74. The number of carbonyl (C=O) groups is 1. The van der Waals surface area contributed by atoms with Gasteiger partial charge < -0.3 is 9.63 Å². The molecule has 106 valence electrons. The first kappa shape index (κ1) is 13.9. The molecule has 2 heterocycles. The second-order valence-corrected chi connectivity index (χ2v) is 6.79. The van der Waals surface area contributed by atoms with Crippen LogP contribution >= 0.6 is 0 Å². The average molecular weight is 289 g/mol. The molecule has 1 unspecified atom stereocenters. The van der Waals surface area contributed by atoms with Crippen molar-refractivity contribution in [3.05, 3.63) is 11.7 Å². The highest BCUT2D eigenvalue weighted by Crippen LogP contribution is 2.17. The fourth-order valence-corrected chi connectivity index (χ4v) is 3.70. The van der Waals surface area contributed by atoms with Gasteiger partial charge in [0, 0.05) is 19.5 Å². The first-order chi connectivity index (χ1) is 8.85. The van der Waals surface area contributed by atoms with Crippen molar-refractivity contribution in [2.45, 2.75) is 25.9 Å². The fourth-order valence-electron chi connectivity index (χ4n) is 2.11. The maximum Gasteiger partial charge on any atom is 0.304 e. The summed E-state index contributed by atoms with van der Waals surface area (Å²) in [6, 6.07) is -0.546. The van der Waals surface area contributed by atoms with Crippen molar-refractivity contribution in [2.24, 2.45) is 0 Å². The van der Waals surface area contributed by atoms with Crippen molar-refractivity contribution < 1.29 is 22.8 Å². The van der Waals surface area contributed by atoms with E-state index in [2.05, 4.69) is 10.1 Å². The molecule has 0 bridgehead atoms. The largest absolute Gasteiger partial charge is 0.481 e. The number of hydrogen-bond donors (Lipinski definition) is 1.